The van der Waals surface area contributed by atoms with E-state index in [1.54, 1.807) is 13.8 Å². The summed E-state index contributed by atoms with van der Waals surface area (Å²) in [6.07, 6.45) is 1.99. The molecule has 146 valence electrons. The van der Waals surface area contributed by atoms with Gasteiger partial charge in [0.05, 0.1) is 18.8 Å². The van der Waals surface area contributed by atoms with Gasteiger partial charge in [-0.05, 0) is 53.4 Å². The fourth-order valence-electron chi connectivity index (χ4n) is 2.62. The third kappa shape index (κ3) is 7.53. The first kappa shape index (κ1) is 23.5. The summed E-state index contributed by atoms with van der Waals surface area (Å²) >= 11 is 0. The topological polar surface area (TPSA) is 77.3 Å². The maximum absolute atomic E-state index is 12.6. The maximum atomic E-state index is 12.6. The predicted octanol–water partition coefficient (Wildman–Crippen LogP) is 4.56. The van der Waals surface area contributed by atoms with Gasteiger partial charge in [0.1, 0.15) is 5.54 Å². The van der Waals surface area contributed by atoms with E-state index in [0.717, 1.165) is 6.42 Å². The second kappa shape index (κ2) is 10.5. The van der Waals surface area contributed by atoms with Crippen molar-refractivity contribution in [3.63, 3.8) is 0 Å². The molecule has 2 atom stereocenters. The first-order valence-corrected chi connectivity index (χ1v) is 9.34. The summed E-state index contributed by atoms with van der Waals surface area (Å²) < 4.78 is 10.4. The van der Waals surface area contributed by atoms with Crippen LogP contribution in [0.5, 0.6) is 0 Å². The van der Waals surface area contributed by atoms with E-state index in [1.807, 2.05) is 27.7 Å². The molecule has 0 aromatic rings. The van der Waals surface area contributed by atoms with Crippen molar-refractivity contribution in [3.05, 3.63) is 0 Å². The van der Waals surface area contributed by atoms with Gasteiger partial charge in [-0.15, -0.1) is 0 Å². The second-order valence-corrected chi connectivity index (χ2v) is 7.48. The Kier molecular flexibility index (Phi) is 9.90. The summed E-state index contributed by atoms with van der Waals surface area (Å²) in [5.41, 5.74) is -1.36. The van der Waals surface area contributed by atoms with Crippen LogP contribution >= 0.6 is 0 Å². The van der Waals surface area contributed by atoms with E-state index in [4.69, 9.17) is 9.47 Å². The number of hydrogen-bond acceptors (Lipinski definition) is 6. The van der Waals surface area contributed by atoms with Gasteiger partial charge in [-0.3, -0.25) is 9.59 Å². The van der Waals surface area contributed by atoms with E-state index in [0.29, 0.717) is 12.8 Å². The van der Waals surface area contributed by atoms with Crippen molar-refractivity contribution in [3.8, 4) is 0 Å². The molecule has 0 amide bonds. The summed E-state index contributed by atoms with van der Waals surface area (Å²) in [5.74, 6) is -1.99. The van der Waals surface area contributed by atoms with Crippen molar-refractivity contribution < 1.29 is 19.1 Å². The molecule has 0 radical (unpaired) electrons. The van der Waals surface area contributed by atoms with Gasteiger partial charge in [0.15, 0.2) is 5.92 Å². The van der Waals surface area contributed by atoms with Gasteiger partial charge in [0.25, 0.3) is 0 Å². The highest BCUT2D eigenvalue weighted by Gasteiger charge is 2.50. The minimum atomic E-state index is -1.10. The first-order valence-electron chi connectivity index (χ1n) is 9.34. The molecule has 0 aliphatic carbocycles. The molecule has 0 spiro atoms. The zero-order chi connectivity index (χ0) is 19.7. The lowest BCUT2D eigenvalue weighted by molar-refractivity contribution is -0.166. The van der Waals surface area contributed by atoms with Crippen molar-refractivity contribution in [2.75, 3.05) is 13.2 Å². The molecule has 0 saturated heterocycles. The Balaban J connectivity index is 6.14. The van der Waals surface area contributed by atoms with Crippen molar-refractivity contribution in [2.24, 2.45) is 22.1 Å². The average Bonchev–Trinajstić information content (AvgIpc) is 2.52. The monoisotopic (exact) mass is 356 g/mol. The molecule has 0 fully saturated rings. The average molecular weight is 357 g/mol. The number of azo groups is 1. The summed E-state index contributed by atoms with van der Waals surface area (Å²) in [4.78, 5) is 25.3. The van der Waals surface area contributed by atoms with Crippen molar-refractivity contribution in [1.82, 2.24) is 0 Å². The second-order valence-electron chi connectivity index (χ2n) is 7.48. The highest BCUT2D eigenvalue weighted by molar-refractivity contribution is 5.96. The minimum Gasteiger partial charge on any atom is -0.465 e. The molecule has 0 heterocycles. The largest absolute Gasteiger partial charge is 0.465 e. The molecule has 0 N–H and O–H groups in total. The van der Waals surface area contributed by atoms with E-state index >= 15 is 0 Å². The van der Waals surface area contributed by atoms with Gasteiger partial charge in [0, 0.05) is 0 Å². The molecule has 6 heteroatoms. The molecule has 0 aromatic heterocycles. The Bertz CT molecular complexity index is 439. The van der Waals surface area contributed by atoms with Crippen LogP contribution in [0.2, 0.25) is 0 Å². The highest BCUT2D eigenvalue weighted by Crippen LogP contribution is 2.37. The lowest BCUT2D eigenvalue weighted by atomic mass is 9.75. The van der Waals surface area contributed by atoms with Crippen LogP contribution in [0, 0.1) is 11.8 Å². The van der Waals surface area contributed by atoms with Crippen LogP contribution in [0.15, 0.2) is 10.2 Å². The van der Waals surface area contributed by atoms with E-state index in [9.17, 15) is 9.59 Å². The number of rotatable bonds is 10. The van der Waals surface area contributed by atoms with Crippen LogP contribution in [0.4, 0.5) is 0 Å². The predicted molar refractivity (Wildman–Crippen MR) is 98.5 cm³/mol. The Hall–Kier alpha value is -1.46. The Morgan fingerprint density at radius 1 is 0.920 bits per heavy atom. The molecule has 0 aliphatic rings. The molecule has 0 aliphatic heterocycles. The number of ether oxygens (including phenoxy) is 2. The van der Waals surface area contributed by atoms with E-state index in [1.165, 1.54) is 0 Å². The molecule has 25 heavy (non-hydrogen) atoms. The number of esters is 2. The van der Waals surface area contributed by atoms with Crippen LogP contribution in [-0.2, 0) is 19.1 Å². The summed E-state index contributed by atoms with van der Waals surface area (Å²) in [6.45, 7) is 15.7. The third-order valence-electron chi connectivity index (χ3n) is 4.14. The fourth-order valence-corrected chi connectivity index (χ4v) is 2.62. The van der Waals surface area contributed by atoms with E-state index in [-0.39, 0.29) is 19.1 Å². The van der Waals surface area contributed by atoms with Gasteiger partial charge in [0.2, 0.25) is 0 Å². The fraction of sp³-hybridized carbons (Fsp3) is 0.895. The Labute approximate surface area is 152 Å². The Morgan fingerprint density at radius 3 is 1.72 bits per heavy atom. The molecular formula is C19H36N2O4. The summed E-state index contributed by atoms with van der Waals surface area (Å²) in [7, 11) is 0. The number of carbonyl (C=O) groups excluding carboxylic acids is 2. The van der Waals surface area contributed by atoms with Crippen LogP contribution in [0.3, 0.4) is 0 Å². The van der Waals surface area contributed by atoms with Gasteiger partial charge >= 0.3 is 11.9 Å². The molecule has 2 unspecified atom stereocenters. The van der Waals surface area contributed by atoms with Gasteiger partial charge in [-0.1, -0.05) is 27.2 Å². The van der Waals surface area contributed by atoms with Crippen molar-refractivity contribution in [2.45, 2.75) is 85.7 Å². The van der Waals surface area contributed by atoms with E-state index < -0.39 is 28.9 Å². The van der Waals surface area contributed by atoms with Crippen LogP contribution in [0.1, 0.15) is 74.7 Å². The van der Waals surface area contributed by atoms with Gasteiger partial charge in [-0.25, -0.2) is 0 Å². The molecule has 0 rings (SSSR count). The summed E-state index contributed by atoms with van der Waals surface area (Å²) in [5, 5.41) is 8.97. The van der Waals surface area contributed by atoms with Crippen LogP contribution in [-0.4, -0.2) is 36.2 Å². The molecule has 0 saturated carbocycles. The number of carbonyl (C=O) groups is 2. The van der Waals surface area contributed by atoms with Crippen molar-refractivity contribution >= 4 is 11.9 Å². The SMILES string of the molecule is CCOC(=O)C(C(=O)OCC)C(CC)(CC(C)CC)N=NC(C)(C)C. The first-order chi connectivity index (χ1) is 11.6. The third-order valence-corrected chi connectivity index (χ3v) is 4.14. The number of nitrogens with zero attached hydrogens (tertiary/aromatic N) is 2. The lowest BCUT2D eigenvalue weighted by Crippen LogP contribution is -2.48. The molecule has 0 bridgehead atoms. The van der Waals surface area contributed by atoms with E-state index in [2.05, 4.69) is 24.1 Å². The highest BCUT2D eigenvalue weighted by atomic mass is 16.6. The zero-order valence-electron chi connectivity index (χ0n) is 17.2. The van der Waals surface area contributed by atoms with Gasteiger partial charge in [-0.2, -0.15) is 10.2 Å². The quantitative estimate of drug-likeness (QED) is 0.326. The standard InChI is InChI=1S/C19H36N2O4/c1-9-14(5)13-19(10-2,21-20-18(6,7)8)15(16(22)24-11-3)17(23)25-12-4/h14-15H,9-13H2,1-8H3. The maximum Gasteiger partial charge on any atom is 0.322 e. The molecule has 6 nitrogen and oxygen atoms in total. The van der Waals surface area contributed by atoms with Crippen molar-refractivity contribution in [1.29, 1.82) is 0 Å². The normalized spacial score (nSPS) is 15.9. The van der Waals surface area contributed by atoms with Crippen LogP contribution < -0.4 is 0 Å². The Morgan fingerprint density at radius 2 is 1.40 bits per heavy atom. The molecule has 0 aromatic carbocycles. The zero-order valence-corrected chi connectivity index (χ0v) is 17.2. The molecular weight excluding hydrogens is 320 g/mol. The van der Waals surface area contributed by atoms with Crippen LogP contribution in [0.25, 0.3) is 0 Å². The summed E-state index contributed by atoms with van der Waals surface area (Å²) in [6, 6.07) is 0. The minimum absolute atomic E-state index is 0.203. The van der Waals surface area contributed by atoms with Gasteiger partial charge < -0.3 is 9.47 Å². The smallest absolute Gasteiger partial charge is 0.322 e. The number of hydrogen-bond donors (Lipinski definition) is 0. The lowest BCUT2D eigenvalue weighted by Gasteiger charge is -2.35.